The first-order valence-electron chi connectivity index (χ1n) is 6.91. The molecule has 2 N–H and O–H groups in total. The van der Waals surface area contributed by atoms with Crippen molar-refractivity contribution in [2.45, 2.75) is 0 Å². The molecule has 0 radical (unpaired) electrons. The van der Waals surface area contributed by atoms with Crippen LogP contribution in [0.2, 0.25) is 0 Å². The van der Waals surface area contributed by atoms with Crippen molar-refractivity contribution in [3.63, 3.8) is 0 Å². The Hall–Kier alpha value is -3.08. The highest BCUT2D eigenvalue weighted by Crippen LogP contribution is 2.28. The van der Waals surface area contributed by atoms with Crippen molar-refractivity contribution >= 4 is 21.9 Å². The van der Waals surface area contributed by atoms with Crippen LogP contribution in [0.4, 0.5) is 0 Å². The van der Waals surface area contributed by atoms with Gasteiger partial charge in [-0.2, -0.15) is 5.10 Å². The molecule has 5 nitrogen and oxygen atoms in total. The summed E-state index contributed by atoms with van der Waals surface area (Å²) in [5.74, 6) is 0.174. The Morgan fingerprint density at radius 1 is 1.14 bits per heavy atom. The molecule has 22 heavy (non-hydrogen) atoms. The Bertz CT molecular complexity index is 1080. The first kappa shape index (κ1) is 12.6. The summed E-state index contributed by atoms with van der Waals surface area (Å²) in [4.78, 5) is 16.2. The van der Waals surface area contributed by atoms with Crippen molar-refractivity contribution in [1.82, 2.24) is 14.8 Å². The summed E-state index contributed by atoms with van der Waals surface area (Å²) in [7, 11) is 1.75. The quantitative estimate of drug-likeness (QED) is 0.566. The minimum Gasteiger partial charge on any atom is -0.508 e. The van der Waals surface area contributed by atoms with E-state index in [2.05, 4.69) is 10.1 Å². The fourth-order valence-electron chi connectivity index (χ4n) is 2.88. The Balaban J connectivity index is 2.18. The molecule has 2 heterocycles. The lowest BCUT2D eigenvalue weighted by Crippen LogP contribution is -2.09. The number of aryl methyl sites for hydroxylation is 1. The van der Waals surface area contributed by atoms with Crippen LogP contribution in [-0.2, 0) is 7.05 Å². The van der Waals surface area contributed by atoms with Crippen LogP contribution in [0, 0.1) is 0 Å². The Morgan fingerprint density at radius 2 is 1.95 bits per heavy atom. The van der Waals surface area contributed by atoms with Gasteiger partial charge >= 0.3 is 0 Å². The Kier molecular flexibility index (Phi) is 2.56. The van der Waals surface area contributed by atoms with Gasteiger partial charge in [0, 0.05) is 7.05 Å². The largest absolute Gasteiger partial charge is 0.508 e. The molecule has 0 saturated carbocycles. The van der Waals surface area contributed by atoms with Crippen LogP contribution in [0.15, 0.2) is 53.5 Å². The summed E-state index contributed by atoms with van der Waals surface area (Å²) in [5.41, 5.74) is 3.54. The number of hydrogen-bond acceptors (Lipinski definition) is 3. The summed E-state index contributed by atoms with van der Waals surface area (Å²) in [6, 6.07) is 12.5. The molecule has 0 saturated heterocycles. The van der Waals surface area contributed by atoms with E-state index in [1.54, 1.807) is 36.1 Å². The maximum atomic E-state index is 12.9. The van der Waals surface area contributed by atoms with Crippen LogP contribution >= 0.6 is 0 Å². The summed E-state index contributed by atoms with van der Waals surface area (Å²) in [6.45, 7) is 0. The molecule has 0 aliphatic carbocycles. The highest BCUT2D eigenvalue weighted by molar-refractivity contribution is 6.00. The van der Waals surface area contributed by atoms with Gasteiger partial charge in [-0.1, -0.05) is 24.3 Å². The molecule has 0 bridgehead atoms. The fourth-order valence-corrected chi connectivity index (χ4v) is 2.88. The summed E-state index contributed by atoms with van der Waals surface area (Å²) >= 11 is 0. The average Bonchev–Trinajstić information content (AvgIpc) is 2.88. The van der Waals surface area contributed by atoms with Crippen LogP contribution < -0.4 is 5.43 Å². The minimum absolute atomic E-state index is 0.0670. The first-order chi connectivity index (χ1) is 10.6. The van der Waals surface area contributed by atoms with Gasteiger partial charge in [0.25, 0.3) is 0 Å². The van der Waals surface area contributed by atoms with Crippen molar-refractivity contribution in [1.29, 1.82) is 0 Å². The lowest BCUT2D eigenvalue weighted by molar-refractivity contribution is 0.475. The average molecular weight is 291 g/mol. The number of pyridine rings is 1. The number of aromatic nitrogens is 3. The van der Waals surface area contributed by atoms with Crippen LogP contribution in [0.25, 0.3) is 33.1 Å². The number of aromatic amines is 1. The molecular weight excluding hydrogens is 278 g/mol. The van der Waals surface area contributed by atoms with Gasteiger partial charge < -0.3 is 10.1 Å². The highest BCUT2D eigenvalue weighted by Gasteiger charge is 2.13. The van der Waals surface area contributed by atoms with Crippen LogP contribution in [-0.4, -0.2) is 19.9 Å². The normalized spacial score (nSPS) is 11.3. The van der Waals surface area contributed by atoms with Crippen molar-refractivity contribution in [2.75, 3.05) is 0 Å². The van der Waals surface area contributed by atoms with E-state index in [0.717, 1.165) is 16.6 Å². The lowest BCUT2D eigenvalue weighted by atomic mass is 10.00. The summed E-state index contributed by atoms with van der Waals surface area (Å²) < 4.78 is 1.58. The maximum Gasteiger partial charge on any atom is 0.215 e. The third kappa shape index (κ3) is 1.72. The number of nitrogens with one attached hydrogen (secondary N) is 1. The van der Waals surface area contributed by atoms with Gasteiger partial charge in [-0.05, 0) is 29.3 Å². The zero-order valence-electron chi connectivity index (χ0n) is 11.9. The predicted octanol–water partition coefficient (Wildman–Crippen LogP) is 2.79. The van der Waals surface area contributed by atoms with E-state index in [0.29, 0.717) is 16.4 Å². The van der Waals surface area contributed by atoms with Crippen LogP contribution in [0.5, 0.6) is 5.75 Å². The van der Waals surface area contributed by atoms with Crippen molar-refractivity contribution < 1.29 is 5.11 Å². The number of benzene rings is 2. The van der Waals surface area contributed by atoms with E-state index in [1.165, 1.54) is 0 Å². The smallest absolute Gasteiger partial charge is 0.215 e. The van der Waals surface area contributed by atoms with Gasteiger partial charge in [-0.3, -0.25) is 9.48 Å². The number of aromatic hydroxyl groups is 1. The van der Waals surface area contributed by atoms with E-state index in [-0.39, 0.29) is 11.2 Å². The standard InChI is InChI=1S/C17H13N3O2/c1-20-16-14(9-18-20)19-13-7-3-6-12(15(13)17(16)22)10-4-2-5-11(21)8-10/h2-9,21H,1H3,(H,19,22). The second kappa shape index (κ2) is 4.46. The third-order valence-corrected chi connectivity index (χ3v) is 3.87. The van der Waals surface area contributed by atoms with Gasteiger partial charge in [0.05, 0.1) is 22.6 Å². The minimum atomic E-state index is -0.0670. The topological polar surface area (TPSA) is 70.9 Å². The van der Waals surface area contributed by atoms with Gasteiger partial charge in [0.2, 0.25) is 5.43 Å². The molecule has 0 amide bonds. The SMILES string of the molecule is Cn1ncc2[nH]c3cccc(-c4cccc(O)c4)c3c(=O)c21. The number of phenolic OH excluding ortho intramolecular Hbond substituents is 1. The molecule has 2 aromatic heterocycles. The molecule has 0 fully saturated rings. The van der Waals surface area contributed by atoms with Crippen LogP contribution in [0.3, 0.4) is 0 Å². The van der Waals surface area contributed by atoms with Crippen LogP contribution in [0.1, 0.15) is 0 Å². The summed E-state index contributed by atoms with van der Waals surface area (Å²) in [6.07, 6.45) is 1.65. The molecule has 0 unspecified atom stereocenters. The van der Waals surface area contributed by atoms with Crippen molar-refractivity contribution in [3.05, 3.63) is 58.9 Å². The molecule has 4 rings (SSSR count). The molecule has 2 aromatic carbocycles. The van der Waals surface area contributed by atoms with E-state index < -0.39 is 0 Å². The van der Waals surface area contributed by atoms with E-state index >= 15 is 0 Å². The lowest BCUT2D eigenvalue weighted by Gasteiger charge is -2.07. The summed E-state index contributed by atoms with van der Waals surface area (Å²) in [5, 5.41) is 14.4. The molecule has 0 aliphatic heterocycles. The maximum absolute atomic E-state index is 12.9. The highest BCUT2D eigenvalue weighted by atomic mass is 16.3. The number of H-pyrrole nitrogens is 1. The molecule has 0 spiro atoms. The fraction of sp³-hybridized carbons (Fsp3) is 0.0588. The third-order valence-electron chi connectivity index (χ3n) is 3.87. The van der Waals surface area contributed by atoms with Gasteiger partial charge in [-0.25, -0.2) is 0 Å². The van der Waals surface area contributed by atoms with E-state index in [1.807, 2.05) is 24.3 Å². The van der Waals surface area contributed by atoms with Crippen molar-refractivity contribution in [2.24, 2.45) is 7.05 Å². The van der Waals surface area contributed by atoms with Crippen molar-refractivity contribution in [3.8, 4) is 16.9 Å². The molecule has 0 aliphatic rings. The molecule has 5 heteroatoms. The predicted molar refractivity (Wildman–Crippen MR) is 85.9 cm³/mol. The van der Waals surface area contributed by atoms with E-state index in [4.69, 9.17) is 0 Å². The second-order valence-electron chi connectivity index (χ2n) is 5.26. The molecule has 4 aromatic rings. The number of phenols is 1. The van der Waals surface area contributed by atoms with Gasteiger partial charge in [-0.15, -0.1) is 0 Å². The van der Waals surface area contributed by atoms with E-state index in [9.17, 15) is 9.90 Å². The second-order valence-corrected chi connectivity index (χ2v) is 5.26. The zero-order chi connectivity index (χ0) is 15.3. The first-order valence-corrected chi connectivity index (χ1v) is 6.91. The van der Waals surface area contributed by atoms with Gasteiger partial charge in [0.1, 0.15) is 11.3 Å². The zero-order valence-corrected chi connectivity index (χ0v) is 11.9. The Morgan fingerprint density at radius 3 is 2.77 bits per heavy atom. The monoisotopic (exact) mass is 291 g/mol. The molecule has 108 valence electrons. The number of hydrogen-bond donors (Lipinski definition) is 2. The molecular formula is C17H13N3O2. The number of nitrogens with zero attached hydrogens (tertiary/aromatic N) is 2. The number of rotatable bonds is 1. The van der Waals surface area contributed by atoms with Gasteiger partial charge in [0.15, 0.2) is 0 Å². The molecule has 0 atom stereocenters. The number of fused-ring (bicyclic) bond motifs is 2. The Labute approximate surface area is 125 Å².